The molecule has 0 fully saturated rings. The number of hydrogen-bond donors (Lipinski definition) is 2. The summed E-state index contributed by atoms with van der Waals surface area (Å²) in [5.41, 5.74) is -0.887. The third-order valence-corrected chi connectivity index (χ3v) is 4.74. The van der Waals surface area contributed by atoms with Crippen LogP contribution in [0.25, 0.3) is 0 Å². The highest BCUT2D eigenvalue weighted by molar-refractivity contribution is 7.92. The lowest BCUT2D eigenvalue weighted by atomic mass is 9.89. The van der Waals surface area contributed by atoms with Crippen molar-refractivity contribution in [3.8, 4) is 0 Å². The number of amides is 1. The second-order valence-corrected chi connectivity index (χ2v) is 6.89. The topological polar surface area (TPSA) is 101 Å². The summed E-state index contributed by atoms with van der Waals surface area (Å²) in [5, 5.41) is 10.2. The number of hydrogen-bond acceptors (Lipinski definition) is 4. The van der Waals surface area contributed by atoms with Gasteiger partial charge in [-0.15, -0.1) is 0 Å². The number of rotatable bonds is 7. The number of carbonyl (C=O) groups excluding carboxylic acids is 1. The predicted molar refractivity (Wildman–Crippen MR) is 68.0 cm³/mol. The Hall–Kier alpha value is -1.11. The van der Waals surface area contributed by atoms with Crippen LogP contribution in [0.15, 0.2) is 0 Å². The zero-order valence-electron chi connectivity index (χ0n) is 11.2. The molecule has 0 heterocycles. The molecular formula is C11H21NO5S. The molecule has 0 aromatic heterocycles. The van der Waals surface area contributed by atoms with Gasteiger partial charge in [0.1, 0.15) is 5.25 Å². The summed E-state index contributed by atoms with van der Waals surface area (Å²) in [6.07, 6.45) is 1.62. The van der Waals surface area contributed by atoms with Crippen molar-refractivity contribution in [3.63, 3.8) is 0 Å². The second-order valence-electron chi connectivity index (χ2n) is 4.52. The molecule has 1 atom stereocenters. The van der Waals surface area contributed by atoms with E-state index in [1.54, 1.807) is 13.8 Å². The molecule has 0 aliphatic rings. The van der Waals surface area contributed by atoms with E-state index in [4.69, 9.17) is 5.11 Å². The lowest BCUT2D eigenvalue weighted by molar-refractivity contribution is -0.139. The van der Waals surface area contributed by atoms with Crippen molar-refractivity contribution in [1.29, 1.82) is 0 Å². The van der Waals surface area contributed by atoms with Crippen molar-refractivity contribution in [1.82, 2.24) is 5.32 Å². The van der Waals surface area contributed by atoms with Gasteiger partial charge in [0.05, 0.1) is 6.42 Å². The number of carboxylic acid groups (broad SMARTS) is 1. The lowest BCUT2D eigenvalue weighted by Crippen LogP contribution is -2.52. The molecule has 0 aliphatic heterocycles. The molecule has 0 aliphatic carbocycles. The van der Waals surface area contributed by atoms with E-state index in [-0.39, 0.29) is 6.42 Å². The maximum atomic E-state index is 11.8. The van der Waals surface area contributed by atoms with Gasteiger partial charge in [-0.2, -0.15) is 0 Å². The Labute approximate surface area is 108 Å². The first-order valence-corrected chi connectivity index (χ1v) is 7.76. The Kier molecular flexibility index (Phi) is 5.79. The van der Waals surface area contributed by atoms with Crippen LogP contribution in [0.3, 0.4) is 0 Å². The Morgan fingerprint density at radius 1 is 1.28 bits per heavy atom. The van der Waals surface area contributed by atoms with Crippen LogP contribution < -0.4 is 5.32 Å². The van der Waals surface area contributed by atoms with E-state index in [1.165, 1.54) is 6.92 Å². The summed E-state index contributed by atoms with van der Waals surface area (Å²) in [7, 11) is -3.48. The van der Waals surface area contributed by atoms with Gasteiger partial charge in [0.2, 0.25) is 5.91 Å². The first-order valence-electron chi connectivity index (χ1n) is 5.80. The van der Waals surface area contributed by atoms with Crippen molar-refractivity contribution in [2.75, 3.05) is 6.26 Å². The minimum Gasteiger partial charge on any atom is -0.481 e. The van der Waals surface area contributed by atoms with Gasteiger partial charge in [-0.25, -0.2) is 8.42 Å². The molecule has 106 valence electrons. The highest BCUT2D eigenvalue weighted by Crippen LogP contribution is 2.20. The van der Waals surface area contributed by atoms with Crippen LogP contribution in [0.4, 0.5) is 0 Å². The van der Waals surface area contributed by atoms with Crippen molar-refractivity contribution in [3.05, 3.63) is 0 Å². The van der Waals surface area contributed by atoms with E-state index in [2.05, 4.69) is 5.32 Å². The summed E-state index contributed by atoms with van der Waals surface area (Å²) >= 11 is 0. The van der Waals surface area contributed by atoms with Crippen LogP contribution in [0.5, 0.6) is 0 Å². The number of carboxylic acids is 1. The molecule has 0 bridgehead atoms. The zero-order chi connectivity index (χ0) is 14.6. The minimum atomic E-state index is -3.48. The third kappa shape index (κ3) is 4.64. The molecule has 0 aromatic carbocycles. The summed E-state index contributed by atoms with van der Waals surface area (Å²) < 4.78 is 22.6. The molecule has 0 saturated carbocycles. The summed E-state index contributed by atoms with van der Waals surface area (Å²) in [4.78, 5) is 22.6. The highest BCUT2D eigenvalue weighted by Gasteiger charge is 2.34. The summed E-state index contributed by atoms with van der Waals surface area (Å²) in [6.45, 7) is 4.82. The van der Waals surface area contributed by atoms with Gasteiger partial charge in [0.15, 0.2) is 9.84 Å². The highest BCUT2D eigenvalue weighted by atomic mass is 32.2. The van der Waals surface area contributed by atoms with E-state index in [9.17, 15) is 18.0 Å². The van der Waals surface area contributed by atoms with Crippen LogP contribution in [0.1, 0.15) is 40.0 Å². The van der Waals surface area contributed by atoms with E-state index in [0.717, 1.165) is 6.26 Å². The average Bonchev–Trinajstić information content (AvgIpc) is 2.24. The largest absolute Gasteiger partial charge is 0.481 e. The number of nitrogens with one attached hydrogen (secondary N) is 1. The maximum Gasteiger partial charge on any atom is 0.305 e. The quantitative estimate of drug-likeness (QED) is 0.709. The molecule has 0 aromatic rings. The lowest BCUT2D eigenvalue weighted by Gasteiger charge is -2.32. The van der Waals surface area contributed by atoms with Gasteiger partial charge in [-0.3, -0.25) is 9.59 Å². The van der Waals surface area contributed by atoms with Crippen molar-refractivity contribution >= 4 is 21.7 Å². The van der Waals surface area contributed by atoms with Crippen molar-refractivity contribution in [2.45, 2.75) is 50.8 Å². The van der Waals surface area contributed by atoms with Gasteiger partial charge in [0.25, 0.3) is 0 Å². The molecule has 2 N–H and O–H groups in total. The Balaban J connectivity index is 5.01. The number of carbonyl (C=O) groups is 2. The standard InChI is InChI=1S/C11H21NO5S/c1-5-11(6-2,7-9(13)14)12-10(15)8(3)18(4,16)17/h8H,5-7H2,1-4H3,(H,12,15)(H,13,14). The SMILES string of the molecule is CCC(CC)(CC(=O)O)NC(=O)C(C)S(C)(=O)=O. The smallest absolute Gasteiger partial charge is 0.305 e. The monoisotopic (exact) mass is 279 g/mol. The molecule has 0 saturated heterocycles. The molecule has 18 heavy (non-hydrogen) atoms. The molecule has 0 rings (SSSR count). The van der Waals surface area contributed by atoms with Gasteiger partial charge in [-0.05, 0) is 19.8 Å². The summed E-state index contributed by atoms with van der Waals surface area (Å²) in [6, 6.07) is 0. The van der Waals surface area contributed by atoms with Gasteiger partial charge in [-0.1, -0.05) is 13.8 Å². The van der Waals surface area contributed by atoms with E-state index in [0.29, 0.717) is 12.8 Å². The van der Waals surface area contributed by atoms with Crippen LogP contribution in [0, 0.1) is 0 Å². The van der Waals surface area contributed by atoms with Gasteiger partial charge >= 0.3 is 5.97 Å². The number of sulfone groups is 1. The number of aliphatic carboxylic acids is 1. The molecular weight excluding hydrogens is 258 g/mol. The molecule has 6 nitrogen and oxygen atoms in total. The fourth-order valence-electron chi connectivity index (χ4n) is 1.57. The van der Waals surface area contributed by atoms with Gasteiger partial charge in [0, 0.05) is 11.8 Å². The van der Waals surface area contributed by atoms with Crippen molar-refractivity contribution in [2.24, 2.45) is 0 Å². The third-order valence-electron chi connectivity index (χ3n) is 3.24. The van der Waals surface area contributed by atoms with E-state index >= 15 is 0 Å². The Morgan fingerprint density at radius 2 is 1.72 bits per heavy atom. The normalized spacial score (nSPS) is 14.0. The minimum absolute atomic E-state index is 0.220. The van der Waals surface area contributed by atoms with Crippen LogP contribution in [0.2, 0.25) is 0 Å². The molecule has 1 amide bonds. The first-order chi connectivity index (χ1) is 8.08. The first kappa shape index (κ1) is 16.9. The van der Waals surface area contributed by atoms with Crippen LogP contribution in [-0.4, -0.2) is 42.4 Å². The van der Waals surface area contributed by atoms with Crippen molar-refractivity contribution < 1.29 is 23.1 Å². The average molecular weight is 279 g/mol. The van der Waals surface area contributed by atoms with Crippen LogP contribution in [-0.2, 0) is 19.4 Å². The molecule has 0 radical (unpaired) electrons. The molecule has 0 spiro atoms. The maximum absolute atomic E-state index is 11.8. The zero-order valence-corrected chi connectivity index (χ0v) is 12.0. The molecule has 7 heteroatoms. The summed E-state index contributed by atoms with van der Waals surface area (Å²) in [5.74, 6) is -1.67. The Morgan fingerprint density at radius 3 is 2.00 bits per heavy atom. The molecule has 1 unspecified atom stereocenters. The van der Waals surface area contributed by atoms with Crippen LogP contribution >= 0.6 is 0 Å². The van der Waals surface area contributed by atoms with Gasteiger partial charge < -0.3 is 10.4 Å². The predicted octanol–water partition coefficient (Wildman–Crippen LogP) is 0.569. The van der Waals surface area contributed by atoms with E-state index < -0.39 is 32.5 Å². The van der Waals surface area contributed by atoms with E-state index in [1.807, 2.05) is 0 Å². The fraction of sp³-hybridized carbons (Fsp3) is 0.818. The Bertz CT molecular complexity index is 411. The second kappa shape index (κ2) is 6.17. The fourth-order valence-corrected chi connectivity index (χ4v) is 2.02.